The highest BCUT2D eigenvalue weighted by Gasteiger charge is 2.08. The first-order valence-electron chi connectivity index (χ1n) is 5.60. The predicted molar refractivity (Wildman–Crippen MR) is 72.0 cm³/mol. The molecule has 0 aliphatic rings. The lowest BCUT2D eigenvalue weighted by Gasteiger charge is -1.97. The van der Waals surface area contributed by atoms with Crippen LogP contribution < -0.4 is 5.32 Å². The number of hydrogen-bond acceptors (Lipinski definition) is 3. The maximum Gasteiger partial charge on any atom is 0.220 e. The van der Waals surface area contributed by atoms with Gasteiger partial charge in [-0.05, 0) is 12.1 Å². The molecule has 1 heterocycles. The zero-order valence-corrected chi connectivity index (χ0v) is 11.5. The molecule has 0 bridgehead atoms. The van der Waals surface area contributed by atoms with Gasteiger partial charge in [0.2, 0.25) is 5.91 Å². The molecule has 0 aliphatic carbocycles. The number of hydrogen-bond donors (Lipinski definition) is 1. The van der Waals surface area contributed by atoms with E-state index in [0.29, 0.717) is 24.5 Å². The van der Waals surface area contributed by atoms with Crippen molar-refractivity contribution >= 4 is 21.8 Å². The number of nitrogens with one attached hydrogen (secondary N) is 1. The molecular weight excluding hydrogens is 296 g/mol. The third-order valence-corrected chi connectivity index (χ3v) is 3.00. The Kier molecular flexibility index (Phi) is 4.15. The van der Waals surface area contributed by atoms with Crippen molar-refractivity contribution in [2.75, 3.05) is 7.05 Å². The van der Waals surface area contributed by atoms with Crippen molar-refractivity contribution in [2.24, 2.45) is 0 Å². The molecule has 1 N–H and O–H groups in total. The highest BCUT2D eigenvalue weighted by Crippen LogP contribution is 2.23. The van der Waals surface area contributed by atoms with Gasteiger partial charge in [0.1, 0.15) is 0 Å². The number of rotatable bonds is 4. The van der Waals surface area contributed by atoms with Crippen LogP contribution in [0, 0.1) is 0 Å². The lowest BCUT2D eigenvalue weighted by atomic mass is 10.2. The lowest BCUT2D eigenvalue weighted by molar-refractivity contribution is -0.120. The monoisotopic (exact) mass is 308 g/mol. The van der Waals surface area contributed by atoms with Gasteiger partial charge in [-0.3, -0.25) is 4.79 Å². The van der Waals surface area contributed by atoms with Gasteiger partial charge in [0.15, 0.2) is 11.7 Å². The Morgan fingerprint density at radius 3 is 3.06 bits per heavy atom. The number of oxazole rings is 1. The molecule has 0 radical (unpaired) electrons. The maximum absolute atomic E-state index is 11.1. The highest BCUT2D eigenvalue weighted by molar-refractivity contribution is 9.10. The van der Waals surface area contributed by atoms with E-state index < -0.39 is 0 Å². The van der Waals surface area contributed by atoms with Gasteiger partial charge in [0, 0.05) is 29.9 Å². The van der Waals surface area contributed by atoms with Crippen molar-refractivity contribution in [3.63, 3.8) is 0 Å². The van der Waals surface area contributed by atoms with Gasteiger partial charge in [-0.15, -0.1) is 0 Å². The fraction of sp³-hybridized carbons (Fsp3) is 0.231. The van der Waals surface area contributed by atoms with E-state index in [1.807, 2.05) is 24.3 Å². The van der Waals surface area contributed by atoms with Crippen molar-refractivity contribution in [3.8, 4) is 11.3 Å². The maximum atomic E-state index is 11.1. The number of aryl methyl sites for hydroxylation is 1. The van der Waals surface area contributed by atoms with E-state index in [0.717, 1.165) is 10.0 Å². The normalized spacial score (nSPS) is 10.3. The van der Waals surface area contributed by atoms with Crippen LogP contribution in [0.15, 0.2) is 39.4 Å². The van der Waals surface area contributed by atoms with Crippen molar-refractivity contribution in [1.82, 2.24) is 10.3 Å². The Hall–Kier alpha value is -1.62. The predicted octanol–water partition coefficient (Wildman–Crippen LogP) is 2.78. The number of amides is 1. The van der Waals surface area contributed by atoms with E-state index >= 15 is 0 Å². The zero-order chi connectivity index (χ0) is 13.0. The molecule has 0 spiro atoms. The average Bonchev–Trinajstić information content (AvgIpc) is 2.84. The largest absolute Gasteiger partial charge is 0.441 e. The summed E-state index contributed by atoms with van der Waals surface area (Å²) in [7, 11) is 1.62. The smallest absolute Gasteiger partial charge is 0.220 e. The van der Waals surface area contributed by atoms with Gasteiger partial charge in [0.05, 0.1) is 6.20 Å². The number of aromatic nitrogens is 1. The topological polar surface area (TPSA) is 55.1 Å². The molecular formula is C13H13BrN2O2. The molecule has 94 valence electrons. The number of carbonyl (C=O) groups is 1. The molecule has 1 amide bonds. The first-order chi connectivity index (χ1) is 8.69. The van der Waals surface area contributed by atoms with E-state index in [1.54, 1.807) is 13.2 Å². The third kappa shape index (κ3) is 3.20. The zero-order valence-electron chi connectivity index (χ0n) is 9.94. The second-order valence-corrected chi connectivity index (χ2v) is 4.72. The minimum atomic E-state index is -0.0165. The van der Waals surface area contributed by atoms with E-state index in [4.69, 9.17) is 4.42 Å². The molecule has 0 unspecified atom stereocenters. The summed E-state index contributed by atoms with van der Waals surface area (Å²) in [5.41, 5.74) is 0.961. The van der Waals surface area contributed by atoms with Gasteiger partial charge in [0.25, 0.3) is 0 Å². The first kappa shape index (κ1) is 12.8. The van der Waals surface area contributed by atoms with Crippen LogP contribution in [-0.2, 0) is 11.2 Å². The van der Waals surface area contributed by atoms with Crippen molar-refractivity contribution in [2.45, 2.75) is 12.8 Å². The number of benzene rings is 1. The van der Waals surface area contributed by atoms with Crippen LogP contribution in [0.3, 0.4) is 0 Å². The quantitative estimate of drug-likeness (QED) is 0.945. The fourth-order valence-electron chi connectivity index (χ4n) is 1.55. The molecule has 1 aromatic carbocycles. The van der Waals surface area contributed by atoms with E-state index in [2.05, 4.69) is 26.2 Å². The van der Waals surface area contributed by atoms with Crippen molar-refractivity contribution in [3.05, 3.63) is 40.8 Å². The molecule has 5 heteroatoms. The standard InChI is InChI=1S/C13H13BrN2O2/c1-15-12(17)5-6-13-16-8-11(18-13)9-3-2-4-10(14)7-9/h2-4,7-8H,5-6H2,1H3,(H,15,17). The first-order valence-corrected chi connectivity index (χ1v) is 6.39. The Bertz CT molecular complexity index is 551. The molecule has 0 fully saturated rings. The van der Waals surface area contributed by atoms with Crippen molar-refractivity contribution in [1.29, 1.82) is 0 Å². The van der Waals surface area contributed by atoms with E-state index in [9.17, 15) is 4.79 Å². The van der Waals surface area contributed by atoms with Crippen LogP contribution in [-0.4, -0.2) is 17.9 Å². The van der Waals surface area contributed by atoms with Gasteiger partial charge in [-0.1, -0.05) is 28.1 Å². The minimum absolute atomic E-state index is 0.0165. The molecule has 2 aromatic rings. The Balaban J connectivity index is 2.08. The molecule has 18 heavy (non-hydrogen) atoms. The molecule has 1 aromatic heterocycles. The van der Waals surface area contributed by atoms with Crippen LogP contribution in [0.4, 0.5) is 0 Å². The van der Waals surface area contributed by atoms with Crippen molar-refractivity contribution < 1.29 is 9.21 Å². The number of carbonyl (C=O) groups excluding carboxylic acids is 1. The summed E-state index contributed by atoms with van der Waals surface area (Å²) < 4.78 is 6.60. The summed E-state index contributed by atoms with van der Waals surface area (Å²) in [5.74, 6) is 1.27. The summed E-state index contributed by atoms with van der Waals surface area (Å²) >= 11 is 3.41. The summed E-state index contributed by atoms with van der Waals surface area (Å²) in [6.07, 6.45) is 2.57. The third-order valence-electron chi connectivity index (χ3n) is 2.51. The van der Waals surface area contributed by atoms with Gasteiger partial charge < -0.3 is 9.73 Å². The Morgan fingerprint density at radius 2 is 2.33 bits per heavy atom. The SMILES string of the molecule is CNC(=O)CCc1ncc(-c2cccc(Br)c2)o1. The summed E-state index contributed by atoms with van der Waals surface area (Å²) in [5, 5.41) is 2.57. The number of nitrogens with zero attached hydrogens (tertiary/aromatic N) is 1. The molecule has 0 atom stereocenters. The Morgan fingerprint density at radius 1 is 1.50 bits per heavy atom. The van der Waals surface area contributed by atoms with Crippen LogP contribution in [0.2, 0.25) is 0 Å². The van der Waals surface area contributed by atoms with Crippen LogP contribution in [0.25, 0.3) is 11.3 Å². The molecule has 0 saturated heterocycles. The Labute approximate surface area is 114 Å². The summed E-state index contributed by atoms with van der Waals surface area (Å²) in [4.78, 5) is 15.3. The highest BCUT2D eigenvalue weighted by atomic mass is 79.9. The lowest BCUT2D eigenvalue weighted by Crippen LogP contribution is -2.17. The molecule has 2 rings (SSSR count). The van der Waals surface area contributed by atoms with Gasteiger partial charge in [-0.25, -0.2) is 4.98 Å². The van der Waals surface area contributed by atoms with E-state index in [-0.39, 0.29) is 5.91 Å². The van der Waals surface area contributed by atoms with Crippen LogP contribution >= 0.6 is 15.9 Å². The molecule has 0 saturated carbocycles. The van der Waals surface area contributed by atoms with Crippen LogP contribution in [0.1, 0.15) is 12.3 Å². The summed E-state index contributed by atoms with van der Waals surface area (Å²) in [6.45, 7) is 0. The minimum Gasteiger partial charge on any atom is -0.441 e. The molecule has 4 nitrogen and oxygen atoms in total. The average molecular weight is 309 g/mol. The van der Waals surface area contributed by atoms with Gasteiger partial charge in [-0.2, -0.15) is 0 Å². The van der Waals surface area contributed by atoms with Crippen LogP contribution in [0.5, 0.6) is 0 Å². The van der Waals surface area contributed by atoms with Gasteiger partial charge >= 0.3 is 0 Å². The molecule has 0 aliphatic heterocycles. The second-order valence-electron chi connectivity index (χ2n) is 3.80. The summed E-state index contributed by atoms with van der Waals surface area (Å²) in [6, 6.07) is 7.80. The van der Waals surface area contributed by atoms with E-state index in [1.165, 1.54) is 0 Å². The fourth-order valence-corrected chi connectivity index (χ4v) is 1.95. The second kappa shape index (κ2) is 5.82. The number of halogens is 1.